The lowest BCUT2D eigenvalue weighted by atomic mass is 10.1. The van der Waals surface area contributed by atoms with E-state index in [1.807, 2.05) is 33.8 Å². The number of benzene rings is 2. The number of carbonyl (C=O) groups is 3. The number of nitrogens with one attached hydrogen (secondary N) is 2. The maximum atomic E-state index is 13.0. The van der Waals surface area contributed by atoms with Crippen molar-refractivity contribution in [1.29, 1.82) is 0 Å². The van der Waals surface area contributed by atoms with Gasteiger partial charge in [-0.05, 0) is 80.8 Å². The third-order valence-electron chi connectivity index (χ3n) is 4.14. The number of halogens is 1. The molecule has 9 heteroatoms. The fourth-order valence-corrected chi connectivity index (χ4v) is 3.76. The van der Waals surface area contributed by atoms with Crippen LogP contribution in [0, 0.1) is 12.7 Å². The Bertz CT molecular complexity index is 960. The molecule has 2 rings (SSSR count). The molecule has 172 valence electrons. The Morgan fingerprint density at radius 3 is 2.28 bits per heavy atom. The standard InChI is InChI=1S/C23H28FN3O4S/c1-16-6-5-7-19(12-16)27(13-20(28)26-23(2,3)4)22(30)15-32(31)14-21(29)25-18-10-8-17(24)9-11-18/h5-12H,13-15H2,1-4H3,(H,25,29)(H,26,28). The van der Waals surface area contributed by atoms with Gasteiger partial charge in [-0.15, -0.1) is 0 Å². The van der Waals surface area contributed by atoms with E-state index < -0.39 is 45.9 Å². The van der Waals surface area contributed by atoms with E-state index in [2.05, 4.69) is 10.6 Å². The highest BCUT2D eigenvalue weighted by Crippen LogP contribution is 2.17. The van der Waals surface area contributed by atoms with Crippen molar-refractivity contribution in [3.8, 4) is 0 Å². The second kappa shape index (κ2) is 11.1. The van der Waals surface area contributed by atoms with Crippen LogP contribution in [0.25, 0.3) is 0 Å². The number of hydrogen-bond donors (Lipinski definition) is 2. The summed E-state index contributed by atoms with van der Waals surface area (Å²) in [6, 6.07) is 12.2. The molecule has 0 heterocycles. The first kappa shape index (κ1) is 25.4. The molecule has 0 fully saturated rings. The van der Waals surface area contributed by atoms with Gasteiger partial charge < -0.3 is 15.2 Å². The fourth-order valence-electron chi connectivity index (χ4n) is 2.86. The van der Waals surface area contributed by atoms with E-state index in [0.717, 1.165) is 5.56 Å². The van der Waals surface area contributed by atoms with Crippen LogP contribution in [0.4, 0.5) is 15.8 Å². The number of amides is 3. The largest absolute Gasteiger partial charge is 0.616 e. The van der Waals surface area contributed by atoms with E-state index in [1.54, 1.807) is 18.2 Å². The zero-order valence-electron chi connectivity index (χ0n) is 18.6. The van der Waals surface area contributed by atoms with Crippen LogP contribution in [0.1, 0.15) is 26.3 Å². The molecular formula is C23H28FN3O4S. The zero-order chi connectivity index (χ0) is 23.9. The maximum absolute atomic E-state index is 13.0. The fraction of sp³-hybridized carbons (Fsp3) is 0.348. The number of aryl methyl sites for hydroxylation is 1. The van der Waals surface area contributed by atoms with Crippen LogP contribution in [0.2, 0.25) is 0 Å². The van der Waals surface area contributed by atoms with Gasteiger partial charge in [0.25, 0.3) is 11.8 Å². The Labute approximate surface area is 190 Å². The Kier molecular flexibility index (Phi) is 8.80. The minimum Gasteiger partial charge on any atom is -0.616 e. The molecule has 1 atom stereocenters. The highest BCUT2D eigenvalue weighted by molar-refractivity contribution is 7.92. The zero-order valence-corrected chi connectivity index (χ0v) is 19.4. The molecule has 2 N–H and O–H groups in total. The predicted octanol–water partition coefficient (Wildman–Crippen LogP) is 2.77. The smallest absolute Gasteiger partial charge is 0.277 e. The van der Waals surface area contributed by atoms with Gasteiger partial charge in [0.2, 0.25) is 5.91 Å². The molecule has 0 bridgehead atoms. The molecule has 3 amide bonds. The van der Waals surface area contributed by atoms with E-state index >= 15 is 0 Å². The summed E-state index contributed by atoms with van der Waals surface area (Å²) in [5.74, 6) is -2.72. The summed E-state index contributed by atoms with van der Waals surface area (Å²) in [6.45, 7) is 7.12. The average molecular weight is 462 g/mol. The van der Waals surface area contributed by atoms with Crippen LogP contribution in [-0.2, 0) is 25.6 Å². The van der Waals surface area contributed by atoms with Gasteiger partial charge in [-0.25, -0.2) is 4.39 Å². The lowest BCUT2D eigenvalue weighted by Crippen LogP contribution is -2.48. The van der Waals surface area contributed by atoms with Crippen LogP contribution in [0.3, 0.4) is 0 Å². The van der Waals surface area contributed by atoms with Gasteiger partial charge in [-0.1, -0.05) is 12.1 Å². The summed E-state index contributed by atoms with van der Waals surface area (Å²) >= 11 is -1.80. The summed E-state index contributed by atoms with van der Waals surface area (Å²) in [5.41, 5.74) is 1.29. The van der Waals surface area contributed by atoms with Crippen LogP contribution in [0.15, 0.2) is 48.5 Å². The van der Waals surface area contributed by atoms with Crippen molar-refractivity contribution >= 4 is 40.3 Å². The van der Waals surface area contributed by atoms with E-state index in [4.69, 9.17) is 0 Å². The highest BCUT2D eigenvalue weighted by atomic mass is 32.2. The van der Waals surface area contributed by atoms with Crippen molar-refractivity contribution < 1.29 is 23.3 Å². The summed E-state index contributed by atoms with van der Waals surface area (Å²) in [4.78, 5) is 38.8. The van der Waals surface area contributed by atoms with Crippen molar-refractivity contribution in [2.24, 2.45) is 0 Å². The predicted molar refractivity (Wildman–Crippen MR) is 124 cm³/mol. The molecule has 2 aromatic carbocycles. The van der Waals surface area contributed by atoms with Crippen molar-refractivity contribution in [2.75, 3.05) is 28.3 Å². The Hall–Kier alpha value is -2.91. The molecule has 7 nitrogen and oxygen atoms in total. The quantitative estimate of drug-likeness (QED) is 0.590. The minimum atomic E-state index is -1.80. The monoisotopic (exact) mass is 461 g/mol. The first-order chi connectivity index (χ1) is 14.9. The molecule has 1 unspecified atom stereocenters. The van der Waals surface area contributed by atoms with Crippen LogP contribution < -0.4 is 15.5 Å². The summed E-state index contributed by atoms with van der Waals surface area (Å²) in [7, 11) is 0. The highest BCUT2D eigenvalue weighted by Gasteiger charge is 2.26. The molecule has 0 aliphatic carbocycles. The van der Waals surface area contributed by atoms with Crippen LogP contribution in [-0.4, -0.2) is 45.9 Å². The van der Waals surface area contributed by atoms with Crippen molar-refractivity contribution in [3.63, 3.8) is 0 Å². The van der Waals surface area contributed by atoms with Crippen molar-refractivity contribution in [3.05, 3.63) is 59.9 Å². The molecular weight excluding hydrogens is 433 g/mol. The lowest BCUT2D eigenvalue weighted by Gasteiger charge is -2.26. The maximum Gasteiger partial charge on any atom is 0.277 e. The van der Waals surface area contributed by atoms with E-state index in [1.165, 1.54) is 29.2 Å². The van der Waals surface area contributed by atoms with Gasteiger partial charge in [0.05, 0.1) is 0 Å². The van der Waals surface area contributed by atoms with Gasteiger partial charge in [0.15, 0.2) is 11.5 Å². The van der Waals surface area contributed by atoms with Gasteiger partial charge in [-0.3, -0.25) is 19.3 Å². The van der Waals surface area contributed by atoms with Gasteiger partial charge in [-0.2, -0.15) is 0 Å². The molecule has 2 aromatic rings. The topological polar surface area (TPSA) is 102 Å². The SMILES string of the molecule is Cc1cccc(N(CC(=O)NC(C)(C)C)C(=O)C[S+]([O-])CC(=O)Nc2ccc(F)cc2)c1. The second-order valence-corrected chi connectivity index (χ2v) is 9.86. The molecule has 0 aliphatic heterocycles. The third-order valence-corrected chi connectivity index (χ3v) is 5.29. The number of rotatable bonds is 8. The molecule has 0 saturated carbocycles. The lowest BCUT2D eigenvalue weighted by molar-refractivity contribution is -0.124. The number of anilines is 2. The van der Waals surface area contributed by atoms with Crippen molar-refractivity contribution in [2.45, 2.75) is 33.2 Å². The summed E-state index contributed by atoms with van der Waals surface area (Å²) < 4.78 is 25.4. The van der Waals surface area contributed by atoms with E-state index in [9.17, 15) is 23.3 Å². The molecule has 0 saturated heterocycles. The van der Waals surface area contributed by atoms with Crippen LogP contribution >= 0.6 is 0 Å². The molecule has 0 aromatic heterocycles. The number of carbonyl (C=O) groups excluding carboxylic acids is 3. The van der Waals surface area contributed by atoms with Crippen LogP contribution in [0.5, 0.6) is 0 Å². The van der Waals surface area contributed by atoms with E-state index in [0.29, 0.717) is 11.4 Å². The number of hydrogen-bond acceptors (Lipinski definition) is 4. The third kappa shape index (κ3) is 8.68. The average Bonchev–Trinajstić information content (AvgIpc) is 2.66. The van der Waals surface area contributed by atoms with Gasteiger partial charge in [0, 0.05) is 16.9 Å². The first-order valence-electron chi connectivity index (χ1n) is 10.0. The summed E-state index contributed by atoms with van der Waals surface area (Å²) in [5, 5.41) is 5.32. The van der Waals surface area contributed by atoms with Gasteiger partial charge >= 0.3 is 0 Å². The minimum absolute atomic E-state index is 0.238. The molecule has 0 spiro atoms. The Morgan fingerprint density at radius 2 is 1.69 bits per heavy atom. The second-order valence-electron chi connectivity index (χ2n) is 8.40. The molecule has 32 heavy (non-hydrogen) atoms. The normalized spacial score (nSPS) is 12.1. The Balaban J connectivity index is 2.05. The van der Waals surface area contributed by atoms with Crippen molar-refractivity contribution in [1.82, 2.24) is 5.32 Å². The van der Waals surface area contributed by atoms with E-state index in [-0.39, 0.29) is 12.5 Å². The Morgan fingerprint density at radius 1 is 1.03 bits per heavy atom. The van der Waals surface area contributed by atoms with Gasteiger partial charge in [0.1, 0.15) is 12.4 Å². The summed E-state index contributed by atoms with van der Waals surface area (Å²) in [6.07, 6.45) is 0. The number of nitrogens with zero attached hydrogens (tertiary/aromatic N) is 1. The first-order valence-corrected chi connectivity index (χ1v) is 11.5. The molecule has 0 aliphatic rings. The molecule has 0 radical (unpaired) electrons.